The van der Waals surface area contributed by atoms with Gasteiger partial charge in [0.25, 0.3) is 0 Å². The summed E-state index contributed by atoms with van der Waals surface area (Å²) in [7, 11) is -3.35. The lowest BCUT2D eigenvalue weighted by atomic mass is 10.2. The minimum Gasteiger partial charge on any atom is -0.417 e. The lowest BCUT2D eigenvalue weighted by molar-refractivity contribution is 0.0656. The molecule has 1 aliphatic rings. The average Bonchev–Trinajstić information content (AvgIpc) is 3.07. The quantitative estimate of drug-likeness (QED) is 0.775. The summed E-state index contributed by atoms with van der Waals surface area (Å²) >= 11 is 0. The minimum absolute atomic E-state index is 0.0575. The van der Waals surface area contributed by atoms with Crippen LogP contribution >= 0.6 is 0 Å². The van der Waals surface area contributed by atoms with Crippen LogP contribution in [0.15, 0.2) is 34.7 Å². The third-order valence-electron chi connectivity index (χ3n) is 4.12. The highest BCUT2D eigenvalue weighted by molar-refractivity contribution is 7.89. The zero-order valence-electron chi connectivity index (χ0n) is 14.0. The summed E-state index contributed by atoms with van der Waals surface area (Å²) in [5.74, 6) is -0.0290. The average molecular weight is 364 g/mol. The Morgan fingerprint density at radius 1 is 1.12 bits per heavy atom. The summed E-state index contributed by atoms with van der Waals surface area (Å²) in [6.45, 7) is 2.78. The Morgan fingerprint density at radius 3 is 2.40 bits per heavy atom. The second kappa shape index (κ2) is 7.32. The molecule has 1 saturated heterocycles. The van der Waals surface area contributed by atoms with Gasteiger partial charge in [0, 0.05) is 33.1 Å². The van der Waals surface area contributed by atoms with Crippen molar-refractivity contribution in [2.75, 3.05) is 31.9 Å². The normalized spacial score (nSPS) is 16.1. The topological polar surface area (TPSA) is 96.6 Å². The van der Waals surface area contributed by atoms with Crippen molar-refractivity contribution in [1.82, 2.24) is 19.4 Å². The fraction of sp³-hybridized carbons (Fsp3) is 0.438. The van der Waals surface area contributed by atoms with Crippen LogP contribution in [0.1, 0.15) is 22.1 Å². The van der Waals surface area contributed by atoms with E-state index in [0.29, 0.717) is 25.4 Å². The number of benzene rings is 1. The first-order valence-electron chi connectivity index (χ1n) is 8.07. The number of amides is 1. The van der Waals surface area contributed by atoms with E-state index >= 15 is 0 Å². The van der Waals surface area contributed by atoms with Crippen molar-refractivity contribution in [3.8, 4) is 0 Å². The van der Waals surface area contributed by atoms with Crippen LogP contribution in [-0.2, 0) is 16.4 Å². The van der Waals surface area contributed by atoms with Crippen LogP contribution < -0.4 is 0 Å². The molecule has 0 saturated carbocycles. The number of carbonyl (C=O) groups is 1. The van der Waals surface area contributed by atoms with Gasteiger partial charge >= 0.3 is 11.8 Å². The number of aromatic nitrogens is 2. The third-order valence-corrected chi connectivity index (χ3v) is 5.99. The molecule has 1 fully saturated rings. The maximum absolute atomic E-state index is 12.5. The lowest BCUT2D eigenvalue weighted by Crippen LogP contribution is -2.51. The zero-order chi connectivity index (χ0) is 17.9. The maximum atomic E-state index is 12.5. The van der Waals surface area contributed by atoms with Gasteiger partial charge in [0.2, 0.25) is 15.9 Å². The van der Waals surface area contributed by atoms with Crippen molar-refractivity contribution in [1.29, 1.82) is 0 Å². The van der Waals surface area contributed by atoms with Crippen LogP contribution in [0.2, 0.25) is 0 Å². The second-order valence-corrected chi connectivity index (χ2v) is 7.96. The predicted molar refractivity (Wildman–Crippen MR) is 90.4 cm³/mol. The van der Waals surface area contributed by atoms with Crippen LogP contribution in [-0.4, -0.2) is 65.7 Å². The molecule has 0 radical (unpaired) electrons. The van der Waals surface area contributed by atoms with E-state index in [1.165, 1.54) is 9.21 Å². The molecule has 134 valence electrons. The number of piperazine rings is 1. The molecule has 1 amide bonds. The molecule has 1 aromatic carbocycles. The number of sulfonamides is 1. The highest BCUT2D eigenvalue weighted by Crippen LogP contribution is 2.13. The SMILES string of the molecule is Cc1nnc(C(=O)N2CCN(S(=O)(=O)CCc3ccccc3)CC2)o1. The summed E-state index contributed by atoms with van der Waals surface area (Å²) in [6.07, 6.45) is 0.476. The third kappa shape index (κ3) is 4.23. The van der Waals surface area contributed by atoms with Crippen molar-refractivity contribution in [3.63, 3.8) is 0 Å². The van der Waals surface area contributed by atoms with Crippen LogP contribution in [0.4, 0.5) is 0 Å². The summed E-state index contributed by atoms with van der Waals surface area (Å²) < 4.78 is 31.6. The van der Waals surface area contributed by atoms with Crippen LogP contribution in [0, 0.1) is 6.92 Å². The van der Waals surface area contributed by atoms with E-state index in [9.17, 15) is 13.2 Å². The Morgan fingerprint density at radius 2 is 1.80 bits per heavy atom. The predicted octanol–water partition coefficient (Wildman–Crippen LogP) is 0.708. The molecular formula is C16H20N4O4S. The van der Waals surface area contributed by atoms with Crippen LogP contribution in [0.5, 0.6) is 0 Å². The molecule has 0 atom stereocenters. The largest absolute Gasteiger partial charge is 0.417 e. The Kier molecular flexibility index (Phi) is 5.14. The first kappa shape index (κ1) is 17.6. The fourth-order valence-corrected chi connectivity index (χ4v) is 4.18. The Bertz CT molecular complexity index is 827. The molecule has 1 aromatic heterocycles. The molecule has 0 N–H and O–H groups in total. The highest BCUT2D eigenvalue weighted by Gasteiger charge is 2.30. The number of aryl methyl sites for hydroxylation is 2. The summed E-state index contributed by atoms with van der Waals surface area (Å²) in [5.41, 5.74) is 0.992. The van der Waals surface area contributed by atoms with Crippen molar-refractivity contribution in [2.24, 2.45) is 0 Å². The molecule has 9 heteroatoms. The molecule has 25 heavy (non-hydrogen) atoms. The van der Waals surface area contributed by atoms with Crippen molar-refractivity contribution in [2.45, 2.75) is 13.3 Å². The Labute approximate surface area is 146 Å². The van der Waals surface area contributed by atoms with Gasteiger partial charge in [-0.25, -0.2) is 8.42 Å². The summed E-state index contributed by atoms with van der Waals surface area (Å²) in [5, 5.41) is 7.35. The number of rotatable bonds is 5. The number of carbonyl (C=O) groups excluding carboxylic acids is 1. The summed E-state index contributed by atoms with van der Waals surface area (Å²) in [4.78, 5) is 13.8. The number of hydrogen-bond donors (Lipinski definition) is 0. The van der Waals surface area contributed by atoms with Gasteiger partial charge in [-0.05, 0) is 12.0 Å². The Hall–Kier alpha value is -2.26. The van der Waals surface area contributed by atoms with E-state index in [-0.39, 0.29) is 30.6 Å². The van der Waals surface area contributed by atoms with Gasteiger partial charge in [0.15, 0.2) is 0 Å². The first-order valence-corrected chi connectivity index (χ1v) is 9.68. The molecule has 2 heterocycles. The van der Waals surface area contributed by atoms with Crippen molar-refractivity contribution in [3.05, 3.63) is 47.7 Å². The lowest BCUT2D eigenvalue weighted by Gasteiger charge is -2.33. The van der Waals surface area contributed by atoms with Gasteiger partial charge in [-0.1, -0.05) is 30.3 Å². The van der Waals surface area contributed by atoms with E-state index in [2.05, 4.69) is 10.2 Å². The molecule has 3 rings (SSSR count). The van der Waals surface area contributed by atoms with Gasteiger partial charge in [-0.3, -0.25) is 4.79 Å². The molecule has 0 aliphatic carbocycles. The molecule has 2 aromatic rings. The second-order valence-electron chi connectivity index (χ2n) is 5.87. The van der Waals surface area contributed by atoms with Crippen molar-refractivity contribution >= 4 is 15.9 Å². The molecule has 1 aliphatic heterocycles. The number of nitrogens with zero attached hydrogens (tertiary/aromatic N) is 4. The smallest absolute Gasteiger partial charge is 0.311 e. The Balaban J connectivity index is 1.55. The van der Waals surface area contributed by atoms with Crippen LogP contribution in [0.25, 0.3) is 0 Å². The number of hydrogen-bond acceptors (Lipinski definition) is 6. The van der Waals surface area contributed by atoms with Crippen molar-refractivity contribution < 1.29 is 17.6 Å². The van der Waals surface area contributed by atoms with E-state index in [1.807, 2.05) is 30.3 Å². The van der Waals surface area contributed by atoms with Gasteiger partial charge in [0.1, 0.15) is 0 Å². The summed E-state index contributed by atoms with van der Waals surface area (Å²) in [6, 6.07) is 9.52. The van der Waals surface area contributed by atoms with Gasteiger partial charge in [-0.15, -0.1) is 10.2 Å². The maximum Gasteiger partial charge on any atom is 0.311 e. The highest BCUT2D eigenvalue weighted by atomic mass is 32.2. The van der Waals surface area contributed by atoms with E-state index in [1.54, 1.807) is 6.92 Å². The minimum atomic E-state index is -3.35. The first-order chi connectivity index (χ1) is 12.0. The molecular weight excluding hydrogens is 344 g/mol. The monoisotopic (exact) mass is 364 g/mol. The molecule has 0 unspecified atom stereocenters. The fourth-order valence-electron chi connectivity index (χ4n) is 2.71. The van der Waals surface area contributed by atoms with E-state index in [4.69, 9.17) is 4.42 Å². The van der Waals surface area contributed by atoms with Gasteiger partial charge in [-0.2, -0.15) is 4.31 Å². The van der Waals surface area contributed by atoms with Gasteiger partial charge < -0.3 is 9.32 Å². The standard InChI is InChI=1S/C16H20N4O4S/c1-13-17-18-15(24-13)16(21)19-8-10-20(11-9-19)25(22,23)12-7-14-5-3-2-4-6-14/h2-6H,7-12H2,1H3. The van der Waals surface area contributed by atoms with Crippen LogP contribution in [0.3, 0.4) is 0 Å². The zero-order valence-corrected chi connectivity index (χ0v) is 14.8. The van der Waals surface area contributed by atoms with E-state index < -0.39 is 10.0 Å². The molecule has 0 spiro atoms. The van der Waals surface area contributed by atoms with Gasteiger partial charge in [0.05, 0.1) is 5.75 Å². The van der Waals surface area contributed by atoms with E-state index in [0.717, 1.165) is 5.56 Å². The molecule has 8 nitrogen and oxygen atoms in total. The molecule has 0 bridgehead atoms.